The van der Waals surface area contributed by atoms with Gasteiger partial charge in [0.2, 0.25) is 0 Å². The molecule has 1 aromatic heterocycles. The van der Waals surface area contributed by atoms with Gasteiger partial charge in [-0.05, 0) is 24.3 Å². The molecule has 0 atom stereocenters. The Balaban J connectivity index is 2.13. The summed E-state index contributed by atoms with van der Waals surface area (Å²) in [6, 6.07) is 10.9. The summed E-state index contributed by atoms with van der Waals surface area (Å²) in [5, 5.41) is 23.8. The number of fused-ring (bicyclic) bond motifs is 1. The minimum Gasteiger partial charge on any atom is -0.872 e. The first-order chi connectivity index (χ1) is 10.1. The van der Waals surface area contributed by atoms with Crippen LogP contribution in [0.15, 0.2) is 48.8 Å². The zero-order chi connectivity index (χ0) is 14.8. The molecule has 0 spiro atoms. The second-order valence-corrected chi connectivity index (χ2v) is 4.38. The molecule has 0 saturated carbocycles. The summed E-state index contributed by atoms with van der Waals surface area (Å²) in [5.74, 6) is -0.760. The Morgan fingerprint density at radius 3 is 2.57 bits per heavy atom. The van der Waals surface area contributed by atoms with Crippen LogP contribution in [0.1, 0.15) is 10.4 Å². The van der Waals surface area contributed by atoms with Crippen molar-refractivity contribution < 1.29 is 15.0 Å². The highest BCUT2D eigenvalue weighted by molar-refractivity contribution is 6.07. The summed E-state index contributed by atoms with van der Waals surface area (Å²) < 4.78 is 0. The molecule has 0 unspecified atom stereocenters. The number of hydrogen-bond donors (Lipinski definition) is 2. The number of carbonyl (C=O) groups is 1. The smallest absolute Gasteiger partial charge is 0.336 e. The molecule has 21 heavy (non-hydrogen) atoms. The minimum atomic E-state index is -1.05. The van der Waals surface area contributed by atoms with Crippen molar-refractivity contribution in [2.24, 2.45) is 0 Å². The van der Waals surface area contributed by atoms with Gasteiger partial charge in [-0.1, -0.05) is 18.2 Å². The lowest BCUT2D eigenvalue weighted by Gasteiger charge is -2.11. The molecule has 0 amide bonds. The summed E-state index contributed by atoms with van der Waals surface area (Å²) in [6.45, 7) is 0. The molecule has 2 N–H and O–H groups in total. The van der Waals surface area contributed by atoms with Crippen LogP contribution in [-0.2, 0) is 0 Å². The normalized spacial score (nSPS) is 10.5. The van der Waals surface area contributed by atoms with Gasteiger partial charge in [0, 0.05) is 5.69 Å². The quantitative estimate of drug-likeness (QED) is 0.762. The highest BCUT2D eigenvalue weighted by atomic mass is 16.4. The third-order valence-electron chi connectivity index (χ3n) is 3.01. The summed E-state index contributed by atoms with van der Waals surface area (Å²) >= 11 is 0. The van der Waals surface area contributed by atoms with Crippen molar-refractivity contribution in [3.05, 3.63) is 54.4 Å². The van der Waals surface area contributed by atoms with E-state index in [9.17, 15) is 15.0 Å². The predicted molar refractivity (Wildman–Crippen MR) is 75.7 cm³/mol. The van der Waals surface area contributed by atoms with Gasteiger partial charge in [-0.15, -0.1) is 5.75 Å². The Morgan fingerprint density at radius 2 is 1.86 bits per heavy atom. The van der Waals surface area contributed by atoms with E-state index in [4.69, 9.17) is 0 Å². The maximum atomic E-state index is 11.3. The van der Waals surface area contributed by atoms with E-state index in [0.29, 0.717) is 22.4 Å². The van der Waals surface area contributed by atoms with Gasteiger partial charge in [-0.3, -0.25) is 0 Å². The van der Waals surface area contributed by atoms with Gasteiger partial charge in [0.1, 0.15) is 12.1 Å². The molecule has 0 aliphatic rings. The van der Waals surface area contributed by atoms with Crippen LogP contribution >= 0.6 is 0 Å². The van der Waals surface area contributed by atoms with Crippen molar-refractivity contribution in [2.45, 2.75) is 0 Å². The van der Waals surface area contributed by atoms with E-state index in [1.54, 1.807) is 24.3 Å². The van der Waals surface area contributed by atoms with Gasteiger partial charge in [-0.2, -0.15) is 0 Å². The number of aromatic nitrogens is 2. The lowest BCUT2D eigenvalue weighted by Crippen LogP contribution is -2.03. The molecular formula is C15H10N3O3-. The number of anilines is 2. The first-order valence-electron chi connectivity index (χ1n) is 6.16. The second kappa shape index (κ2) is 5.09. The maximum Gasteiger partial charge on any atom is 0.336 e. The van der Waals surface area contributed by atoms with E-state index in [0.717, 1.165) is 0 Å². The monoisotopic (exact) mass is 280 g/mol. The molecule has 1 heterocycles. The van der Waals surface area contributed by atoms with Crippen molar-refractivity contribution in [1.29, 1.82) is 0 Å². The van der Waals surface area contributed by atoms with Gasteiger partial charge in [0.05, 0.1) is 16.5 Å². The fourth-order valence-corrected chi connectivity index (χ4v) is 2.06. The van der Waals surface area contributed by atoms with Crippen LogP contribution in [0.25, 0.3) is 10.9 Å². The van der Waals surface area contributed by atoms with Crippen molar-refractivity contribution in [3.63, 3.8) is 0 Å². The Kier molecular flexibility index (Phi) is 3.12. The van der Waals surface area contributed by atoms with E-state index in [2.05, 4.69) is 15.3 Å². The first kappa shape index (κ1) is 12.9. The van der Waals surface area contributed by atoms with Crippen molar-refractivity contribution in [3.8, 4) is 5.75 Å². The van der Waals surface area contributed by atoms with Crippen LogP contribution in [0, 0.1) is 0 Å². The topological polar surface area (TPSA) is 98.2 Å². The number of aromatic carboxylic acids is 1. The molecule has 3 rings (SSSR count). The molecule has 0 radical (unpaired) electrons. The number of nitrogens with one attached hydrogen (secondary N) is 1. The van der Waals surface area contributed by atoms with Crippen LogP contribution < -0.4 is 10.4 Å². The standard InChI is InChI=1S/C15H11N3O3/c19-10-6-4-9(5-7-10)18-14-13-11(15(20)21)2-1-3-12(13)16-8-17-14/h1-8,19H,(H,20,21)(H,16,17,18)/p-1. The molecule has 6 nitrogen and oxygen atoms in total. The summed E-state index contributed by atoms with van der Waals surface area (Å²) in [7, 11) is 0. The number of nitrogens with zero attached hydrogens (tertiary/aromatic N) is 2. The molecule has 104 valence electrons. The van der Waals surface area contributed by atoms with Gasteiger partial charge < -0.3 is 15.5 Å². The van der Waals surface area contributed by atoms with E-state index in [-0.39, 0.29) is 11.3 Å². The molecular weight excluding hydrogens is 270 g/mol. The molecule has 0 aliphatic heterocycles. The lowest BCUT2D eigenvalue weighted by molar-refractivity contribution is -0.268. The van der Waals surface area contributed by atoms with E-state index in [1.807, 2.05) is 0 Å². The zero-order valence-electron chi connectivity index (χ0n) is 10.8. The van der Waals surface area contributed by atoms with E-state index in [1.165, 1.54) is 24.5 Å². The largest absolute Gasteiger partial charge is 0.872 e. The summed E-state index contributed by atoms with van der Waals surface area (Å²) in [6.07, 6.45) is 1.36. The van der Waals surface area contributed by atoms with Crippen LogP contribution in [-0.4, -0.2) is 21.0 Å². The van der Waals surface area contributed by atoms with Crippen LogP contribution in [0.4, 0.5) is 11.5 Å². The maximum absolute atomic E-state index is 11.3. The molecule has 2 aromatic carbocycles. The molecule has 0 saturated heterocycles. The Bertz CT molecular complexity index is 811. The molecule has 6 heteroatoms. The number of benzene rings is 2. The van der Waals surface area contributed by atoms with Crippen molar-refractivity contribution >= 4 is 28.4 Å². The van der Waals surface area contributed by atoms with Gasteiger partial charge >= 0.3 is 5.97 Å². The van der Waals surface area contributed by atoms with Crippen molar-refractivity contribution in [2.75, 3.05) is 5.32 Å². The Morgan fingerprint density at radius 1 is 1.10 bits per heavy atom. The van der Waals surface area contributed by atoms with E-state index >= 15 is 0 Å². The van der Waals surface area contributed by atoms with Crippen LogP contribution in [0.2, 0.25) is 0 Å². The predicted octanol–water partition coefficient (Wildman–Crippen LogP) is 2.15. The highest BCUT2D eigenvalue weighted by Gasteiger charge is 2.13. The molecule has 0 aliphatic carbocycles. The van der Waals surface area contributed by atoms with Gasteiger partial charge in [-0.25, -0.2) is 14.8 Å². The number of carboxylic acids is 1. The Hall–Kier alpha value is -3.15. The molecule has 0 bridgehead atoms. The average molecular weight is 280 g/mol. The second-order valence-electron chi connectivity index (χ2n) is 4.38. The van der Waals surface area contributed by atoms with Crippen LogP contribution in [0.3, 0.4) is 0 Å². The molecule has 0 fully saturated rings. The van der Waals surface area contributed by atoms with Crippen molar-refractivity contribution in [1.82, 2.24) is 9.97 Å². The van der Waals surface area contributed by atoms with Gasteiger partial charge in [0.25, 0.3) is 0 Å². The Labute approximate surface area is 119 Å². The number of carboxylic acid groups (broad SMARTS) is 1. The fraction of sp³-hybridized carbons (Fsp3) is 0. The average Bonchev–Trinajstić information content (AvgIpc) is 2.49. The highest BCUT2D eigenvalue weighted by Crippen LogP contribution is 2.26. The number of rotatable bonds is 3. The SMILES string of the molecule is O=C(O)c1cccc2ncnc(Nc3ccc([O-])cc3)c12. The summed E-state index contributed by atoms with van der Waals surface area (Å²) in [4.78, 5) is 19.5. The molecule has 3 aromatic rings. The first-order valence-corrected chi connectivity index (χ1v) is 6.16. The number of hydrogen-bond acceptors (Lipinski definition) is 5. The zero-order valence-corrected chi connectivity index (χ0v) is 10.8. The third-order valence-corrected chi connectivity index (χ3v) is 3.01. The third kappa shape index (κ3) is 2.46. The minimum absolute atomic E-state index is 0.0979. The lowest BCUT2D eigenvalue weighted by atomic mass is 10.1. The van der Waals surface area contributed by atoms with Crippen LogP contribution in [0.5, 0.6) is 5.75 Å². The summed E-state index contributed by atoms with van der Waals surface area (Å²) in [5.41, 5.74) is 1.30. The fourth-order valence-electron chi connectivity index (χ4n) is 2.06. The van der Waals surface area contributed by atoms with E-state index < -0.39 is 5.97 Å². The van der Waals surface area contributed by atoms with Gasteiger partial charge in [0.15, 0.2) is 0 Å².